The molecule has 0 bridgehead atoms. The van der Waals surface area contributed by atoms with E-state index >= 15 is 0 Å². The van der Waals surface area contributed by atoms with Gasteiger partial charge in [-0.25, -0.2) is 0 Å². The predicted octanol–water partition coefficient (Wildman–Crippen LogP) is 1.18. The molecular formula is C12H27ClN2O2. The minimum Gasteiger partial charge on any atom is -0.393 e. The van der Waals surface area contributed by atoms with Crippen molar-refractivity contribution in [1.29, 1.82) is 0 Å². The van der Waals surface area contributed by atoms with Crippen LogP contribution in [0.4, 0.5) is 0 Å². The fourth-order valence-corrected chi connectivity index (χ4v) is 1.77. The molecule has 3 N–H and O–H groups in total. The van der Waals surface area contributed by atoms with E-state index < -0.39 is 0 Å². The predicted molar refractivity (Wildman–Crippen MR) is 73.4 cm³/mol. The molecule has 0 aromatic carbocycles. The number of halogens is 1. The molecule has 0 aromatic rings. The molecule has 4 nitrogen and oxygen atoms in total. The molecule has 0 aliphatic carbocycles. The van der Waals surface area contributed by atoms with Gasteiger partial charge >= 0.3 is 0 Å². The fourth-order valence-electron chi connectivity index (χ4n) is 1.77. The van der Waals surface area contributed by atoms with Crippen molar-refractivity contribution in [3.8, 4) is 0 Å². The molecule has 0 aliphatic rings. The van der Waals surface area contributed by atoms with E-state index in [-0.39, 0.29) is 35.8 Å². The van der Waals surface area contributed by atoms with E-state index in [1.54, 1.807) is 6.92 Å². The zero-order chi connectivity index (χ0) is 12.8. The molecule has 0 saturated carbocycles. The van der Waals surface area contributed by atoms with Crippen molar-refractivity contribution in [3.05, 3.63) is 0 Å². The summed E-state index contributed by atoms with van der Waals surface area (Å²) in [5.41, 5.74) is -0.0663. The molecule has 104 valence electrons. The average molecular weight is 267 g/mol. The molecule has 2 unspecified atom stereocenters. The number of nitrogens with one attached hydrogen (secondary N) is 2. The summed E-state index contributed by atoms with van der Waals surface area (Å²) < 4.78 is 0. The minimum absolute atomic E-state index is 0. The number of amides is 1. The van der Waals surface area contributed by atoms with Gasteiger partial charge in [-0.2, -0.15) is 0 Å². The molecular weight excluding hydrogens is 240 g/mol. The number of carbonyl (C=O) groups excluding carboxylic acids is 1. The van der Waals surface area contributed by atoms with Crippen LogP contribution >= 0.6 is 12.4 Å². The number of rotatable bonds is 7. The molecule has 0 aliphatic heterocycles. The lowest BCUT2D eigenvalue weighted by Gasteiger charge is -2.27. The number of aliphatic hydroxyl groups excluding tert-OH is 1. The molecule has 0 saturated heterocycles. The Morgan fingerprint density at radius 2 is 1.88 bits per heavy atom. The first-order valence-electron chi connectivity index (χ1n) is 5.89. The number of hydrogen-bond donors (Lipinski definition) is 3. The third kappa shape index (κ3) is 9.39. The minimum atomic E-state index is -0.332. The van der Waals surface area contributed by atoms with E-state index in [1.807, 2.05) is 27.8 Å². The SMILES string of the molecule is CNCC(C)C(=O)NCC(C)(C)CC(C)O.Cl. The summed E-state index contributed by atoms with van der Waals surface area (Å²) in [5, 5.41) is 15.2. The van der Waals surface area contributed by atoms with Crippen molar-refractivity contribution in [2.75, 3.05) is 20.1 Å². The van der Waals surface area contributed by atoms with Gasteiger partial charge in [-0.05, 0) is 25.8 Å². The first-order valence-corrected chi connectivity index (χ1v) is 5.89. The van der Waals surface area contributed by atoms with E-state index in [0.29, 0.717) is 19.5 Å². The van der Waals surface area contributed by atoms with Crippen LogP contribution in [-0.2, 0) is 4.79 Å². The lowest BCUT2D eigenvalue weighted by molar-refractivity contribution is -0.124. The summed E-state index contributed by atoms with van der Waals surface area (Å²) in [7, 11) is 1.83. The first-order chi connectivity index (χ1) is 7.28. The monoisotopic (exact) mass is 266 g/mol. The Hall–Kier alpha value is -0.320. The second-order valence-corrected chi connectivity index (χ2v) is 5.39. The van der Waals surface area contributed by atoms with Crippen LogP contribution in [0.3, 0.4) is 0 Å². The number of aliphatic hydroxyl groups is 1. The Morgan fingerprint density at radius 3 is 2.29 bits per heavy atom. The summed E-state index contributed by atoms with van der Waals surface area (Å²) >= 11 is 0. The van der Waals surface area contributed by atoms with Gasteiger partial charge in [0, 0.05) is 19.0 Å². The standard InChI is InChI=1S/C12H26N2O2.ClH/c1-9(7-13-5)11(16)14-8-12(3,4)6-10(2)15;/h9-10,13,15H,6-8H2,1-5H3,(H,14,16);1H. The molecule has 0 radical (unpaired) electrons. The fraction of sp³-hybridized carbons (Fsp3) is 0.917. The van der Waals surface area contributed by atoms with Crippen LogP contribution in [0.15, 0.2) is 0 Å². The lowest BCUT2D eigenvalue weighted by atomic mass is 9.87. The van der Waals surface area contributed by atoms with Gasteiger partial charge in [0.05, 0.1) is 6.10 Å². The highest BCUT2D eigenvalue weighted by molar-refractivity contribution is 5.85. The topological polar surface area (TPSA) is 61.4 Å². The maximum atomic E-state index is 11.7. The maximum Gasteiger partial charge on any atom is 0.224 e. The van der Waals surface area contributed by atoms with Gasteiger partial charge in [-0.15, -0.1) is 12.4 Å². The van der Waals surface area contributed by atoms with Gasteiger partial charge in [-0.3, -0.25) is 4.79 Å². The van der Waals surface area contributed by atoms with Crippen molar-refractivity contribution in [2.45, 2.75) is 40.2 Å². The molecule has 0 aromatic heterocycles. The van der Waals surface area contributed by atoms with Crippen LogP contribution in [0.5, 0.6) is 0 Å². The smallest absolute Gasteiger partial charge is 0.224 e. The molecule has 1 amide bonds. The second kappa shape index (κ2) is 8.72. The van der Waals surface area contributed by atoms with Crippen LogP contribution in [0, 0.1) is 11.3 Å². The van der Waals surface area contributed by atoms with Gasteiger partial charge in [0.25, 0.3) is 0 Å². The highest BCUT2D eigenvalue weighted by Gasteiger charge is 2.22. The summed E-state index contributed by atoms with van der Waals surface area (Å²) in [5.74, 6) is 0.0420. The maximum absolute atomic E-state index is 11.7. The van der Waals surface area contributed by atoms with Gasteiger partial charge in [0.2, 0.25) is 5.91 Å². The summed E-state index contributed by atoms with van der Waals surface area (Å²) in [6.45, 7) is 9.04. The highest BCUT2D eigenvalue weighted by atomic mass is 35.5. The zero-order valence-corrected chi connectivity index (χ0v) is 12.4. The van der Waals surface area contributed by atoms with E-state index in [9.17, 15) is 9.90 Å². The normalized spacial score (nSPS) is 14.7. The second-order valence-electron chi connectivity index (χ2n) is 5.39. The van der Waals surface area contributed by atoms with Crippen LogP contribution in [0.2, 0.25) is 0 Å². The molecule has 17 heavy (non-hydrogen) atoms. The summed E-state index contributed by atoms with van der Waals surface area (Å²) in [6.07, 6.45) is 0.356. The number of hydrogen-bond acceptors (Lipinski definition) is 3. The Morgan fingerprint density at radius 1 is 1.35 bits per heavy atom. The van der Waals surface area contributed by atoms with Gasteiger partial charge < -0.3 is 15.7 Å². The van der Waals surface area contributed by atoms with Crippen LogP contribution in [0.1, 0.15) is 34.1 Å². The highest BCUT2D eigenvalue weighted by Crippen LogP contribution is 2.21. The summed E-state index contributed by atoms with van der Waals surface area (Å²) in [6, 6.07) is 0. The van der Waals surface area contributed by atoms with Gasteiger partial charge in [0.15, 0.2) is 0 Å². The molecule has 0 fully saturated rings. The summed E-state index contributed by atoms with van der Waals surface area (Å²) in [4.78, 5) is 11.7. The Kier molecular flexibility index (Phi) is 9.77. The van der Waals surface area contributed by atoms with E-state index in [1.165, 1.54) is 0 Å². The van der Waals surface area contributed by atoms with Crippen molar-refractivity contribution in [1.82, 2.24) is 10.6 Å². The van der Waals surface area contributed by atoms with Crippen LogP contribution in [0.25, 0.3) is 0 Å². The molecule has 0 heterocycles. The van der Waals surface area contributed by atoms with Gasteiger partial charge in [-0.1, -0.05) is 20.8 Å². The average Bonchev–Trinajstić information content (AvgIpc) is 2.12. The Balaban J connectivity index is 0. The van der Waals surface area contributed by atoms with Gasteiger partial charge in [0.1, 0.15) is 0 Å². The lowest BCUT2D eigenvalue weighted by Crippen LogP contribution is -2.40. The molecule has 2 atom stereocenters. The Bertz CT molecular complexity index is 221. The van der Waals surface area contributed by atoms with Crippen molar-refractivity contribution < 1.29 is 9.90 Å². The molecule has 0 spiro atoms. The molecule has 0 rings (SSSR count). The van der Waals surface area contributed by atoms with E-state index in [0.717, 1.165) is 0 Å². The van der Waals surface area contributed by atoms with Crippen LogP contribution < -0.4 is 10.6 Å². The number of carbonyl (C=O) groups is 1. The van der Waals surface area contributed by atoms with Crippen LogP contribution in [-0.4, -0.2) is 37.3 Å². The van der Waals surface area contributed by atoms with Crippen molar-refractivity contribution >= 4 is 18.3 Å². The zero-order valence-electron chi connectivity index (χ0n) is 11.5. The first kappa shape index (κ1) is 19.0. The van der Waals surface area contributed by atoms with E-state index in [4.69, 9.17) is 0 Å². The van der Waals surface area contributed by atoms with Crippen molar-refractivity contribution in [3.63, 3.8) is 0 Å². The van der Waals surface area contributed by atoms with Crippen molar-refractivity contribution in [2.24, 2.45) is 11.3 Å². The largest absolute Gasteiger partial charge is 0.393 e. The third-order valence-corrected chi connectivity index (χ3v) is 2.55. The Labute approximate surface area is 111 Å². The third-order valence-electron chi connectivity index (χ3n) is 2.55. The molecule has 5 heteroatoms. The quantitative estimate of drug-likeness (QED) is 0.648. The van der Waals surface area contributed by atoms with E-state index in [2.05, 4.69) is 10.6 Å².